The van der Waals surface area contributed by atoms with E-state index < -0.39 is 23.5 Å². The van der Waals surface area contributed by atoms with Gasteiger partial charge in [0.1, 0.15) is 6.07 Å². The molecule has 3 heterocycles. The average molecular weight is 1220 g/mol. The molecule has 0 aliphatic carbocycles. The zero-order chi connectivity index (χ0) is 63.1. The van der Waals surface area contributed by atoms with Crippen LogP contribution in [0.4, 0.5) is 60.5 Å². The quantitative estimate of drug-likeness (QED) is 0.121. The molecule has 0 amide bonds. The molecule has 0 bridgehead atoms. The van der Waals surface area contributed by atoms with Crippen molar-refractivity contribution in [3.8, 4) is 45.4 Å². The molecule has 13 aromatic carbocycles. The molecule has 0 fully saturated rings. The molecule has 93 heavy (non-hydrogen) atoms. The van der Waals surface area contributed by atoms with Crippen LogP contribution in [0.5, 0.6) is 0 Å². The fourth-order valence-electron chi connectivity index (χ4n) is 13.7. The van der Waals surface area contributed by atoms with Gasteiger partial charge in [0.25, 0.3) is 0 Å². The molecule has 0 saturated heterocycles. The van der Waals surface area contributed by atoms with Gasteiger partial charge in [0, 0.05) is 77.6 Å². The number of para-hydroxylation sites is 6. The normalized spacial score (nSPS) is 12.0. The van der Waals surface area contributed by atoms with Crippen molar-refractivity contribution in [3.63, 3.8) is 0 Å². The van der Waals surface area contributed by atoms with Gasteiger partial charge in [0.15, 0.2) is 0 Å². The number of rotatable bonds is 11. The Morgan fingerprint density at radius 3 is 0.914 bits per heavy atom. The Morgan fingerprint density at radius 2 is 0.570 bits per heavy atom. The summed E-state index contributed by atoms with van der Waals surface area (Å²) in [6, 6.07) is 96.4. The first-order valence-corrected chi connectivity index (χ1v) is 30.3. The van der Waals surface area contributed by atoms with Crippen LogP contribution in [0.15, 0.2) is 303 Å². The lowest BCUT2D eigenvalue weighted by atomic mass is 9.87. The van der Waals surface area contributed by atoms with Gasteiger partial charge < -0.3 is 23.5 Å². The Kier molecular flexibility index (Phi) is 13.4. The van der Waals surface area contributed by atoms with Gasteiger partial charge in [-0.05, 0) is 132 Å². The van der Waals surface area contributed by atoms with Crippen LogP contribution in [0.2, 0.25) is 0 Å². The zero-order valence-electron chi connectivity index (χ0n) is 49.3. The van der Waals surface area contributed by atoms with Gasteiger partial charge in [0.05, 0.1) is 66.9 Å². The van der Waals surface area contributed by atoms with Gasteiger partial charge in [0.2, 0.25) is 0 Å². The predicted molar refractivity (Wildman–Crippen MR) is 364 cm³/mol. The van der Waals surface area contributed by atoms with E-state index in [4.69, 9.17) is 0 Å². The summed E-state index contributed by atoms with van der Waals surface area (Å²) in [6.07, 6.45) is -9.58. The summed E-state index contributed by atoms with van der Waals surface area (Å²) >= 11 is 0. The number of nitriles is 1. The van der Waals surface area contributed by atoms with E-state index >= 15 is 26.3 Å². The Labute approximate surface area is 529 Å². The number of hydrogen-bond donors (Lipinski definition) is 0. The monoisotopic (exact) mass is 1220 g/mol. The maximum atomic E-state index is 15.6. The van der Waals surface area contributed by atoms with Crippen molar-refractivity contribution in [2.75, 3.05) is 9.80 Å². The van der Waals surface area contributed by atoms with Crippen molar-refractivity contribution >= 4 is 99.5 Å². The number of anilines is 6. The van der Waals surface area contributed by atoms with Crippen LogP contribution < -0.4 is 9.80 Å². The molecule has 6 nitrogen and oxygen atoms in total. The van der Waals surface area contributed by atoms with Gasteiger partial charge in [-0.1, -0.05) is 182 Å². The van der Waals surface area contributed by atoms with E-state index in [0.717, 1.165) is 69.2 Å². The van der Waals surface area contributed by atoms with E-state index in [1.165, 1.54) is 12.1 Å². The Morgan fingerprint density at radius 1 is 0.269 bits per heavy atom. The van der Waals surface area contributed by atoms with Crippen LogP contribution in [0.3, 0.4) is 0 Å². The second-order valence-electron chi connectivity index (χ2n) is 22.9. The topological polar surface area (TPSA) is 45.1 Å². The molecule has 0 aliphatic heterocycles. The minimum absolute atomic E-state index is 0.130. The third kappa shape index (κ3) is 9.34. The number of alkyl halides is 6. The van der Waals surface area contributed by atoms with Crippen LogP contribution in [-0.2, 0) is 12.4 Å². The third-order valence-corrected chi connectivity index (χ3v) is 17.6. The molecule has 12 heteroatoms. The molecular weight excluding hydrogens is 1170 g/mol. The van der Waals surface area contributed by atoms with Crippen LogP contribution in [0.25, 0.3) is 105 Å². The summed E-state index contributed by atoms with van der Waals surface area (Å²) in [5.74, 6) is 0. The van der Waals surface area contributed by atoms with Crippen LogP contribution >= 0.6 is 0 Å². The molecule has 0 N–H and O–H groups in total. The largest absolute Gasteiger partial charge is 0.416 e. The Bertz CT molecular complexity index is 5180. The molecule has 0 aliphatic rings. The van der Waals surface area contributed by atoms with Crippen molar-refractivity contribution < 1.29 is 26.3 Å². The number of benzene rings is 13. The molecule has 0 spiro atoms. The first-order chi connectivity index (χ1) is 45.4. The maximum Gasteiger partial charge on any atom is 0.416 e. The van der Waals surface area contributed by atoms with Crippen LogP contribution in [-0.4, -0.2) is 13.7 Å². The summed E-state index contributed by atoms with van der Waals surface area (Å²) < 4.78 is 99.3. The summed E-state index contributed by atoms with van der Waals surface area (Å²) in [6.45, 7) is 0. The van der Waals surface area contributed by atoms with Gasteiger partial charge in [-0.2, -0.15) is 31.6 Å². The minimum atomic E-state index is -4.79. The second-order valence-corrected chi connectivity index (χ2v) is 22.9. The van der Waals surface area contributed by atoms with E-state index in [0.29, 0.717) is 82.9 Å². The van der Waals surface area contributed by atoms with Gasteiger partial charge in [-0.25, -0.2) is 0 Å². The van der Waals surface area contributed by atoms with Crippen LogP contribution in [0, 0.1) is 11.3 Å². The highest BCUT2D eigenvalue weighted by molar-refractivity contribution is 6.17. The van der Waals surface area contributed by atoms with Crippen LogP contribution in [0.1, 0.15) is 16.7 Å². The van der Waals surface area contributed by atoms with Gasteiger partial charge >= 0.3 is 12.4 Å². The van der Waals surface area contributed by atoms with Crippen molar-refractivity contribution in [1.82, 2.24) is 13.7 Å². The van der Waals surface area contributed by atoms with Crippen molar-refractivity contribution in [3.05, 3.63) is 320 Å². The van der Waals surface area contributed by atoms with Gasteiger partial charge in [-0.15, -0.1) is 0 Å². The maximum absolute atomic E-state index is 15.6. The average Bonchev–Trinajstić information content (AvgIpc) is 1.60. The molecule has 3 aromatic heterocycles. The highest BCUT2D eigenvalue weighted by atomic mass is 19.4. The van der Waals surface area contributed by atoms with E-state index in [-0.39, 0.29) is 16.6 Å². The second kappa shape index (κ2) is 22.2. The highest BCUT2D eigenvalue weighted by Gasteiger charge is 2.37. The van der Waals surface area contributed by atoms with E-state index in [1.807, 2.05) is 264 Å². The van der Waals surface area contributed by atoms with E-state index in [1.54, 1.807) is 0 Å². The first kappa shape index (κ1) is 56.2. The zero-order valence-corrected chi connectivity index (χ0v) is 49.3. The van der Waals surface area contributed by atoms with Gasteiger partial charge in [-0.3, -0.25) is 0 Å². The van der Waals surface area contributed by atoms with Crippen molar-refractivity contribution in [1.29, 1.82) is 5.26 Å². The predicted octanol–water partition coefficient (Wildman–Crippen LogP) is 23.2. The van der Waals surface area contributed by atoms with E-state index in [2.05, 4.69) is 32.6 Å². The number of nitrogens with zero attached hydrogens (tertiary/aromatic N) is 6. The number of hydrogen-bond acceptors (Lipinski definition) is 3. The summed E-state index contributed by atoms with van der Waals surface area (Å²) in [5.41, 5.74) is 8.96. The van der Waals surface area contributed by atoms with E-state index in [9.17, 15) is 5.26 Å². The molecular formula is C81H50F6N6. The SMILES string of the molecule is N#Cc1c(-c2ccccc2)c(-n2c3ccccc3c3ccc(C(F)(F)F)cc32)c(-n2c3ccc(N(c4ccccc4)c4ccccc4)cc3c3cc(N(c4ccccc4)c4ccccc4)ccc32)c(-n2c3ccccc3c3ccc(C(F)(F)F)cc32)c1-c1ccccc1. The lowest BCUT2D eigenvalue weighted by molar-refractivity contribution is -0.138. The summed E-state index contributed by atoms with van der Waals surface area (Å²) in [7, 11) is 0. The first-order valence-electron chi connectivity index (χ1n) is 30.3. The molecule has 16 rings (SSSR count). The molecule has 0 atom stereocenters. The minimum Gasteiger partial charge on any atom is -0.310 e. The lowest BCUT2D eigenvalue weighted by Gasteiger charge is -2.29. The molecule has 0 radical (unpaired) electrons. The van der Waals surface area contributed by atoms with Crippen molar-refractivity contribution in [2.45, 2.75) is 12.4 Å². The highest BCUT2D eigenvalue weighted by Crippen LogP contribution is 2.54. The number of aromatic nitrogens is 3. The third-order valence-electron chi connectivity index (χ3n) is 17.6. The summed E-state index contributed by atoms with van der Waals surface area (Å²) in [4.78, 5) is 4.36. The van der Waals surface area contributed by atoms with Crippen molar-refractivity contribution in [2.24, 2.45) is 0 Å². The molecule has 16 aromatic rings. The Balaban J connectivity index is 1.19. The molecule has 0 unspecified atom stereocenters. The molecule has 0 saturated carbocycles. The summed E-state index contributed by atoms with van der Waals surface area (Å²) in [5, 5.41) is 16.2. The smallest absolute Gasteiger partial charge is 0.310 e. The number of fused-ring (bicyclic) bond motifs is 9. The lowest BCUT2D eigenvalue weighted by Crippen LogP contribution is -2.15. The fraction of sp³-hybridized carbons (Fsp3) is 0.0247. The fourth-order valence-corrected chi connectivity index (χ4v) is 13.7. The molecule has 446 valence electrons. The number of halogens is 6. The standard InChI is InChI=1S/C81H50F6N6/c82-80(83,84)54-39-43-64-62-35-19-21-37-69(62)92(73(64)47-54)77-75(52-23-7-1-8-24-52)68(51-88)76(53-25-9-2-10-26-53)78(93-70-38-22-20-36-63(70)65-44-40-55(48-74(65)93)81(85,86)87)79(77)91-71-45-41-60(89(56-27-11-3-12-28-56)57-29-13-4-14-30-57)49-66(71)67-50-61(42-46-72(67)91)90(58-31-15-5-16-32-58)59-33-17-6-18-34-59/h1-50H. The Hall–Kier alpha value is -12.1.